The first-order chi connectivity index (χ1) is 9.58. The van der Waals surface area contributed by atoms with Crippen molar-refractivity contribution in [1.29, 1.82) is 0 Å². The third-order valence-electron chi connectivity index (χ3n) is 3.53. The number of morpholine rings is 1. The number of nitrogens with zero attached hydrogens (tertiary/aromatic N) is 1. The molecule has 0 radical (unpaired) electrons. The molecule has 1 aromatic rings. The van der Waals surface area contributed by atoms with Gasteiger partial charge in [0.15, 0.2) is 0 Å². The van der Waals surface area contributed by atoms with Crippen molar-refractivity contribution in [3.63, 3.8) is 0 Å². The van der Waals surface area contributed by atoms with Gasteiger partial charge < -0.3 is 15.0 Å². The molecule has 1 fully saturated rings. The number of ether oxygens (including phenoxy) is 1. The summed E-state index contributed by atoms with van der Waals surface area (Å²) >= 11 is 0. The minimum absolute atomic E-state index is 0.127. The molecule has 0 aliphatic carbocycles. The molecule has 0 aromatic heterocycles. The predicted molar refractivity (Wildman–Crippen MR) is 80.6 cm³/mol. The third-order valence-corrected chi connectivity index (χ3v) is 3.53. The minimum Gasteiger partial charge on any atom is -0.375 e. The first-order valence-corrected chi connectivity index (χ1v) is 7.42. The smallest absolute Gasteiger partial charge is 0.129 e. The van der Waals surface area contributed by atoms with E-state index in [1.54, 1.807) is 12.1 Å². The SMILES string of the molecule is CC(C)CNCc1c(F)cccc1N1CCOC(C)C1. The molecule has 4 heteroatoms. The molecule has 1 aliphatic rings. The van der Waals surface area contributed by atoms with Crippen molar-refractivity contribution in [3.8, 4) is 0 Å². The van der Waals surface area contributed by atoms with E-state index in [9.17, 15) is 4.39 Å². The van der Waals surface area contributed by atoms with Crippen LogP contribution in [-0.2, 0) is 11.3 Å². The highest BCUT2D eigenvalue weighted by molar-refractivity contribution is 5.54. The van der Waals surface area contributed by atoms with Gasteiger partial charge in [0, 0.05) is 30.9 Å². The summed E-state index contributed by atoms with van der Waals surface area (Å²) < 4.78 is 19.7. The summed E-state index contributed by atoms with van der Waals surface area (Å²) in [6, 6.07) is 5.34. The second-order valence-electron chi connectivity index (χ2n) is 5.89. The number of hydrogen-bond acceptors (Lipinski definition) is 3. The Hall–Kier alpha value is -1.13. The highest BCUT2D eigenvalue weighted by atomic mass is 19.1. The molecule has 1 aliphatic heterocycles. The standard InChI is InChI=1S/C16H25FN2O/c1-12(2)9-18-10-14-15(17)5-4-6-16(14)19-7-8-20-13(3)11-19/h4-6,12-13,18H,7-11H2,1-3H3. The van der Waals surface area contributed by atoms with E-state index in [4.69, 9.17) is 4.74 Å². The summed E-state index contributed by atoms with van der Waals surface area (Å²) in [6.45, 7) is 10.2. The van der Waals surface area contributed by atoms with Gasteiger partial charge in [0.25, 0.3) is 0 Å². The molecule has 0 spiro atoms. The zero-order valence-electron chi connectivity index (χ0n) is 12.7. The van der Waals surface area contributed by atoms with Gasteiger partial charge in [-0.2, -0.15) is 0 Å². The van der Waals surface area contributed by atoms with Gasteiger partial charge >= 0.3 is 0 Å². The van der Waals surface area contributed by atoms with E-state index >= 15 is 0 Å². The van der Waals surface area contributed by atoms with Crippen molar-refractivity contribution >= 4 is 5.69 Å². The first-order valence-electron chi connectivity index (χ1n) is 7.42. The van der Waals surface area contributed by atoms with Crippen LogP contribution in [0.15, 0.2) is 18.2 Å². The number of halogens is 1. The van der Waals surface area contributed by atoms with Crippen LogP contribution < -0.4 is 10.2 Å². The Kier molecular flexibility index (Phi) is 5.38. The molecule has 0 bridgehead atoms. The van der Waals surface area contributed by atoms with Crippen molar-refractivity contribution < 1.29 is 9.13 Å². The maximum absolute atomic E-state index is 14.1. The van der Waals surface area contributed by atoms with Crippen LogP contribution in [-0.4, -0.2) is 32.3 Å². The fraction of sp³-hybridized carbons (Fsp3) is 0.625. The molecule has 20 heavy (non-hydrogen) atoms. The van der Waals surface area contributed by atoms with Crippen molar-refractivity contribution in [2.75, 3.05) is 31.1 Å². The molecule has 1 unspecified atom stereocenters. The van der Waals surface area contributed by atoms with Crippen LogP contribution in [0, 0.1) is 11.7 Å². The molecular formula is C16H25FN2O. The van der Waals surface area contributed by atoms with Gasteiger partial charge in [0.2, 0.25) is 0 Å². The van der Waals surface area contributed by atoms with Crippen LogP contribution in [0.5, 0.6) is 0 Å². The summed E-state index contributed by atoms with van der Waals surface area (Å²) in [4.78, 5) is 2.23. The molecular weight excluding hydrogens is 255 g/mol. The summed E-state index contributed by atoms with van der Waals surface area (Å²) in [7, 11) is 0. The van der Waals surface area contributed by atoms with Crippen LogP contribution in [0.4, 0.5) is 10.1 Å². The van der Waals surface area contributed by atoms with Crippen molar-refractivity contribution in [3.05, 3.63) is 29.6 Å². The number of nitrogens with one attached hydrogen (secondary N) is 1. The zero-order valence-corrected chi connectivity index (χ0v) is 12.7. The Morgan fingerprint density at radius 1 is 1.45 bits per heavy atom. The van der Waals surface area contributed by atoms with Crippen molar-refractivity contribution in [2.45, 2.75) is 33.4 Å². The molecule has 0 saturated carbocycles. The largest absolute Gasteiger partial charge is 0.375 e. The lowest BCUT2D eigenvalue weighted by Crippen LogP contribution is -2.41. The van der Waals surface area contributed by atoms with E-state index < -0.39 is 0 Å². The molecule has 1 atom stereocenters. The molecule has 1 aromatic carbocycles. The van der Waals surface area contributed by atoms with Gasteiger partial charge in [-0.15, -0.1) is 0 Å². The van der Waals surface area contributed by atoms with Gasteiger partial charge in [-0.25, -0.2) is 4.39 Å². The Labute approximate surface area is 121 Å². The van der Waals surface area contributed by atoms with Gasteiger partial charge in [0.05, 0.1) is 12.7 Å². The lowest BCUT2D eigenvalue weighted by Gasteiger charge is -2.34. The Balaban J connectivity index is 2.12. The van der Waals surface area contributed by atoms with Gasteiger partial charge in [-0.1, -0.05) is 19.9 Å². The topological polar surface area (TPSA) is 24.5 Å². The number of benzene rings is 1. The molecule has 1 saturated heterocycles. The highest BCUT2D eigenvalue weighted by Crippen LogP contribution is 2.25. The van der Waals surface area contributed by atoms with E-state index in [1.165, 1.54) is 0 Å². The molecule has 0 amide bonds. The van der Waals surface area contributed by atoms with Crippen LogP contribution in [0.3, 0.4) is 0 Å². The molecule has 1 heterocycles. The Bertz CT molecular complexity index is 436. The fourth-order valence-corrected chi connectivity index (χ4v) is 2.54. The van der Waals surface area contributed by atoms with Gasteiger partial charge in [0.1, 0.15) is 5.82 Å². The monoisotopic (exact) mass is 280 g/mol. The summed E-state index contributed by atoms with van der Waals surface area (Å²) in [5, 5.41) is 3.33. The van der Waals surface area contributed by atoms with Crippen LogP contribution in [0.1, 0.15) is 26.3 Å². The normalized spacial score (nSPS) is 19.6. The number of rotatable bonds is 5. The predicted octanol–water partition coefficient (Wildman–Crippen LogP) is 2.80. The van der Waals surface area contributed by atoms with Crippen molar-refractivity contribution in [2.24, 2.45) is 5.92 Å². The second-order valence-corrected chi connectivity index (χ2v) is 5.89. The second kappa shape index (κ2) is 7.04. The Morgan fingerprint density at radius 3 is 2.95 bits per heavy atom. The van der Waals surface area contributed by atoms with Crippen molar-refractivity contribution in [1.82, 2.24) is 5.32 Å². The minimum atomic E-state index is -0.127. The number of hydrogen-bond donors (Lipinski definition) is 1. The molecule has 112 valence electrons. The summed E-state index contributed by atoms with van der Waals surface area (Å²) in [6.07, 6.45) is 0.198. The van der Waals surface area contributed by atoms with E-state index in [0.29, 0.717) is 19.1 Å². The first kappa shape index (κ1) is 15.3. The summed E-state index contributed by atoms with van der Waals surface area (Å²) in [5.41, 5.74) is 1.76. The lowest BCUT2D eigenvalue weighted by atomic mass is 10.1. The van der Waals surface area contributed by atoms with Gasteiger partial charge in [-0.05, 0) is 31.5 Å². The number of anilines is 1. The molecule has 1 N–H and O–H groups in total. The molecule has 3 nitrogen and oxygen atoms in total. The van der Waals surface area contributed by atoms with E-state index in [2.05, 4.69) is 31.0 Å². The van der Waals surface area contributed by atoms with E-state index in [0.717, 1.165) is 30.9 Å². The van der Waals surface area contributed by atoms with Crippen LogP contribution in [0.2, 0.25) is 0 Å². The van der Waals surface area contributed by atoms with Crippen LogP contribution >= 0.6 is 0 Å². The third kappa shape index (κ3) is 3.93. The molecule has 2 rings (SSSR count). The maximum atomic E-state index is 14.1. The lowest BCUT2D eigenvalue weighted by molar-refractivity contribution is 0.0531. The quantitative estimate of drug-likeness (QED) is 0.897. The fourth-order valence-electron chi connectivity index (χ4n) is 2.54. The van der Waals surface area contributed by atoms with Crippen LogP contribution in [0.25, 0.3) is 0 Å². The maximum Gasteiger partial charge on any atom is 0.129 e. The van der Waals surface area contributed by atoms with E-state index in [1.807, 2.05) is 6.07 Å². The van der Waals surface area contributed by atoms with Gasteiger partial charge in [-0.3, -0.25) is 0 Å². The van der Waals surface area contributed by atoms with E-state index in [-0.39, 0.29) is 11.9 Å². The average Bonchev–Trinajstić information content (AvgIpc) is 2.40. The summed E-state index contributed by atoms with van der Waals surface area (Å²) in [5.74, 6) is 0.437. The Morgan fingerprint density at radius 2 is 2.25 bits per heavy atom. The average molecular weight is 280 g/mol. The highest BCUT2D eigenvalue weighted by Gasteiger charge is 2.20. The zero-order chi connectivity index (χ0) is 14.5.